The molecule has 1 N–H and O–H groups in total. The van der Waals surface area contributed by atoms with Gasteiger partial charge in [-0.25, -0.2) is 4.98 Å². The molecule has 1 rings (SSSR count). The molecule has 1 heterocycles. The van der Waals surface area contributed by atoms with E-state index in [9.17, 15) is 0 Å². The summed E-state index contributed by atoms with van der Waals surface area (Å²) in [6.45, 7) is 12.2. The number of nitrogens with zero attached hydrogens (tertiary/aromatic N) is 2. The third-order valence-corrected chi connectivity index (χ3v) is 2.55. The van der Waals surface area contributed by atoms with Crippen molar-refractivity contribution in [2.24, 2.45) is 5.92 Å². The molecule has 4 nitrogen and oxygen atoms in total. The van der Waals surface area contributed by atoms with Crippen molar-refractivity contribution in [2.75, 3.05) is 6.54 Å². The van der Waals surface area contributed by atoms with E-state index in [0.29, 0.717) is 11.9 Å². The van der Waals surface area contributed by atoms with Crippen LogP contribution >= 0.6 is 0 Å². The van der Waals surface area contributed by atoms with Gasteiger partial charge in [-0.05, 0) is 38.8 Å². The number of hydrogen-bond donors (Lipinski definition) is 1. The molecule has 0 amide bonds. The first kappa shape index (κ1) is 14.9. The van der Waals surface area contributed by atoms with Gasteiger partial charge in [0.05, 0.1) is 11.8 Å². The Bertz CT molecular complexity index is 366. The Morgan fingerprint density at radius 1 is 1.28 bits per heavy atom. The zero-order valence-corrected chi connectivity index (χ0v) is 12.2. The van der Waals surface area contributed by atoms with Gasteiger partial charge in [0.2, 0.25) is 0 Å². The average molecular weight is 251 g/mol. The van der Waals surface area contributed by atoms with E-state index >= 15 is 0 Å². The molecule has 4 heteroatoms. The molecule has 0 aliphatic carbocycles. The third kappa shape index (κ3) is 5.45. The van der Waals surface area contributed by atoms with Crippen molar-refractivity contribution in [1.82, 2.24) is 15.3 Å². The van der Waals surface area contributed by atoms with Crippen LogP contribution in [0.5, 0.6) is 6.01 Å². The highest BCUT2D eigenvalue weighted by atomic mass is 16.5. The standard InChI is InChI=1S/C14H25N3O/c1-6-15-9-13-8-11(4)16-14(17-13)18-12(5)7-10(2)3/h8,10,12,15H,6-7,9H2,1-5H3. The third-order valence-electron chi connectivity index (χ3n) is 2.55. The van der Waals surface area contributed by atoms with Crippen LogP contribution < -0.4 is 10.1 Å². The van der Waals surface area contributed by atoms with Gasteiger partial charge in [0.25, 0.3) is 0 Å². The van der Waals surface area contributed by atoms with Crippen molar-refractivity contribution in [3.05, 3.63) is 17.5 Å². The quantitative estimate of drug-likeness (QED) is 0.809. The average Bonchev–Trinajstić information content (AvgIpc) is 2.24. The van der Waals surface area contributed by atoms with Crippen LogP contribution in [0.15, 0.2) is 6.07 Å². The fourth-order valence-corrected chi connectivity index (χ4v) is 1.89. The summed E-state index contributed by atoms with van der Waals surface area (Å²) in [5.41, 5.74) is 1.93. The van der Waals surface area contributed by atoms with Crippen LogP contribution in [-0.4, -0.2) is 22.6 Å². The zero-order valence-electron chi connectivity index (χ0n) is 12.2. The normalized spacial score (nSPS) is 12.8. The van der Waals surface area contributed by atoms with Crippen LogP contribution in [0, 0.1) is 12.8 Å². The van der Waals surface area contributed by atoms with Crippen LogP contribution in [0.2, 0.25) is 0 Å². The molecule has 0 radical (unpaired) electrons. The maximum Gasteiger partial charge on any atom is 0.317 e. The Balaban J connectivity index is 2.67. The number of ether oxygens (including phenoxy) is 1. The van der Waals surface area contributed by atoms with Crippen molar-refractivity contribution >= 4 is 0 Å². The Morgan fingerprint density at radius 2 is 2.00 bits per heavy atom. The second-order valence-electron chi connectivity index (χ2n) is 5.12. The summed E-state index contributed by atoms with van der Waals surface area (Å²) in [5, 5.41) is 3.26. The van der Waals surface area contributed by atoms with Gasteiger partial charge in [0.1, 0.15) is 0 Å². The lowest BCUT2D eigenvalue weighted by atomic mass is 10.1. The van der Waals surface area contributed by atoms with E-state index in [0.717, 1.165) is 30.9 Å². The van der Waals surface area contributed by atoms with Gasteiger partial charge in [0, 0.05) is 12.2 Å². The lowest BCUT2D eigenvalue weighted by Gasteiger charge is -2.15. The zero-order chi connectivity index (χ0) is 13.5. The second kappa shape index (κ2) is 7.31. The van der Waals surface area contributed by atoms with E-state index in [1.54, 1.807) is 0 Å². The summed E-state index contributed by atoms with van der Waals surface area (Å²) in [4.78, 5) is 8.75. The molecular formula is C14H25N3O. The topological polar surface area (TPSA) is 47.0 Å². The highest BCUT2D eigenvalue weighted by molar-refractivity contribution is 5.12. The molecule has 0 saturated heterocycles. The van der Waals surface area contributed by atoms with Crippen LogP contribution in [0.25, 0.3) is 0 Å². The van der Waals surface area contributed by atoms with E-state index in [1.807, 2.05) is 13.0 Å². The van der Waals surface area contributed by atoms with Crippen molar-refractivity contribution in [2.45, 2.75) is 53.7 Å². The molecule has 0 aromatic carbocycles. The van der Waals surface area contributed by atoms with Crippen LogP contribution in [0.1, 0.15) is 45.5 Å². The maximum absolute atomic E-state index is 5.78. The van der Waals surface area contributed by atoms with Crippen LogP contribution in [0.3, 0.4) is 0 Å². The maximum atomic E-state index is 5.78. The monoisotopic (exact) mass is 251 g/mol. The van der Waals surface area contributed by atoms with E-state index < -0.39 is 0 Å². The summed E-state index contributed by atoms with van der Waals surface area (Å²) >= 11 is 0. The predicted molar refractivity (Wildman–Crippen MR) is 73.7 cm³/mol. The van der Waals surface area contributed by atoms with Gasteiger partial charge >= 0.3 is 6.01 Å². The largest absolute Gasteiger partial charge is 0.460 e. The van der Waals surface area contributed by atoms with Gasteiger partial charge in [-0.1, -0.05) is 20.8 Å². The molecular weight excluding hydrogens is 226 g/mol. The summed E-state index contributed by atoms with van der Waals surface area (Å²) in [6, 6.07) is 2.49. The van der Waals surface area contributed by atoms with Gasteiger partial charge in [0.15, 0.2) is 0 Å². The lowest BCUT2D eigenvalue weighted by Crippen LogP contribution is -2.18. The SMILES string of the molecule is CCNCc1cc(C)nc(OC(C)CC(C)C)n1. The lowest BCUT2D eigenvalue weighted by molar-refractivity contribution is 0.176. The minimum absolute atomic E-state index is 0.152. The molecule has 1 unspecified atom stereocenters. The molecule has 0 saturated carbocycles. The molecule has 0 aliphatic rings. The molecule has 102 valence electrons. The number of rotatable bonds is 7. The first-order chi connectivity index (χ1) is 8.51. The first-order valence-electron chi connectivity index (χ1n) is 6.73. The molecule has 0 spiro atoms. The Hall–Kier alpha value is -1.16. The summed E-state index contributed by atoms with van der Waals surface area (Å²) in [7, 11) is 0. The minimum atomic E-state index is 0.152. The van der Waals surface area contributed by atoms with Gasteiger partial charge in [-0.3, -0.25) is 0 Å². The minimum Gasteiger partial charge on any atom is -0.460 e. The molecule has 18 heavy (non-hydrogen) atoms. The van der Waals surface area contributed by atoms with Crippen LogP contribution in [0.4, 0.5) is 0 Å². The number of aromatic nitrogens is 2. The molecule has 0 fully saturated rings. The Labute approximate surface area is 110 Å². The molecule has 1 atom stereocenters. The van der Waals surface area contributed by atoms with Gasteiger partial charge in [-0.2, -0.15) is 4.98 Å². The summed E-state index contributed by atoms with van der Waals surface area (Å²) in [6.07, 6.45) is 1.17. The Kier molecular flexibility index (Phi) is 6.05. The van der Waals surface area contributed by atoms with Crippen molar-refractivity contribution in [1.29, 1.82) is 0 Å². The van der Waals surface area contributed by atoms with Crippen molar-refractivity contribution in [3.63, 3.8) is 0 Å². The number of hydrogen-bond acceptors (Lipinski definition) is 4. The highest BCUT2D eigenvalue weighted by Crippen LogP contribution is 2.13. The smallest absolute Gasteiger partial charge is 0.317 e. The molecule has 0 aliphatic heterocycles. The van der Waals surface area contributed by atoms with E-state index in [4.69, 9.17) is 4.74 Å². The number of nitrogens with one attached hydrogen (secondary N) is 1. The molecule has 1 aromatic heterocycles. The highest BCUT2D eigenvalue weighted by Gasteiger charge is 2.10. The van der Waals surface area contributed by atoms with Gasteiger partial charge in [-0.15, -0.1) is 0 Å². The predicted octanol–water partition coefficient (Wildman–Crippen LogP) is 2.71. The van der Waals surface area contributed by atoms with E-state index in [1.165, 1.54) is 0 Å². The van der Waals surface area contributed by atoms with E-state index in [2.05, 4.69) is 43.0 Å². The molecule has 1 aromatic rings. The second-order valence-corrected chi connectivity index (χ2v) is 5.12. The Morgan fingerprint density at radius 3 is 2.61 bits per heavy atom. The fraction of sp³-hybridized carbons (Fsp3) is 0.714. The van der Waals surface area contributed by atoms with E-state index in [-0.39, 0.29) is 6.10 Å². The first-order valence-corrected chi connectivity index (χ1v) is 6.73. The van der Waals surface area contributed by atoms with Gasteiger partial charge < -0.3 is 10.1 Å². The van der Waals surface area contributed by atoms with Crippen molar-refractivity contribution < 1.29 is 4.74 Å². The van der Waals surface area contributed by atoms with Crippen molar-refractivity contribution in [3.8, 4) is 6.01 Å². The summed E-state index contributed by atoms with van der Waals surface area (Å²) < 4.78 is 5.78. The fourth-order valence-electron chi connectivity index (χ4n) is 1.89. The molecule has 0 bridgehead atoms. The van der Waals surface area contributed by atoms with Crippen LogP contribution in [-0.2, 0) is 6.54 Å². The summed E-state index contributed by atoms with van der Waals surface area (Å²) in [5.74, 6) is 0.617. The number of aryl methyl sites for hydroxylation is 1.